The molecule has 1 N–H and O–H groups in total. The van der Waals surface area contributed by atoms with E-state index >= 15 is 0 Å². The number of hydrogen-bond acceptors (Lipinski definition) is 3. The predicted molar refractivity (Wildman–Crippen MR) is 117 cm³/mol. The van der Waals surface area contributed by atoms with E-state index in [2.05, 4.69) is 47.3 Å². The van der Waals surface area contributed by atoms with E-state index in [9.17, 15) is 9.18 Å². The monoisotopic (exact) mass is 514 g/mol. The van der Waals surface area contributed by atoms with Gasteiger partial charge in [0.1, 0.15) is 5.82 Å². The van der Waals surface area contributed by atoms with Gasteiger partial charge in [0, 0.05) is 20.2 Å². The van der Waals surface area contributed by atoms with Crippen LogP contribution in [0, 0.1) is 5.82 Å². The zero-order valence-corrected chi connectivity index (χ0v) is 18.0. The summed E-state index contributed by atoms with van der Waals surface area (Å²) in [6.45, 7) is 0. The lowest BCUT2D eigenvalue weighted by molar-refractivity contribution is 0.101. The molecule has 0 saturated heterocycles. The number of carbonyl (C=O) groups is 1. The number of halogens is 3. The van der Waals surface area contributed by atoms with Gasteiger partial charge in [-0.1, -0.05) is 37.9 Å². The molecule has 3 aromatic carbocycles. The SMILES string of the molecule is O=C(Nc1cccc(Br)c1)c1nc(-c2ccc(F)cc2)n(-c2ccc(Br)cc2)n1. The van der Waals surface area contributed by atoms with Crippen LogP contribution in [0.3, 0.4) is 0 Å². The first kappa shape index (κ1) is 19.5. The van der Waals surface area contributed by atoms with E-state index in [1.807, 2.05) is 36.4 Å². The number of aromatic nitrogens is 3. The zero-order chi connectivity index (χ0) is 20.4. The smallest absolute Gasteiger partial charge is 0.295 e. The van der Waals surface area contributed by atoms with Gasteiger partial charge in [0.05, 0.1) is 5.69 Å². The summed E-state index contributed by atoms with van der Waals surface area (Å²) in [4.78, 5) is 17.2. The molecule has 144 valence electrons. The van der Waals surface area contributed by atoms with Crippen molar-refractivity contribution in [1.29, 1.82) is 0 Å². The van der Waals surface area contributed by atoms with Gasteiger partial charge >= 0.3 is 0 Å². The summed E-state index contributed by atoms with van der Waals surface area (Å²) in [5, 5.41) is 7.19. The Morgan fingerprint density at radius 2 is 1.66 bits per heavy atom. The largest absolute Gasteiger partial charge is 0.319 e. The van der Waals surface area contributed by atoms with Crippen LogP contribution in [0.25, 0.3) is 17.1 Å². The molecule has 1 aromatic heterocycles. The maximum Gasteiger partial charge on any atom is 0.295 e. The van der Waals surface area contributed by atoms with E-state index in [1.165, 1.54) is 12.1 Å². The summed E-state index contributed by atoms with van der Waals surface area (Å²) in [6, 6.07) is 20.6. The zero-order valence-electron chi connectivity index (χ0n) is 14.8. The molecule has 0 bridgehead atoms. The minimum Gasteiger partial charge on any atom is -0.319 e. The summed E-state index contributed by atoms with van der Waals surface area (Å²) in [5.74, 6) is -0.350. The Balaban J connectivity index is 1.75. The Bertz CT molecular complexity index is 1110. The van der Waals surface area contributed by atoms with Crippen LogP contribution >= 0.6 is 31.9 Å². The van der Waals surface area contributed by atoms with E-state index < -0.39 is 5.91 Å². The van der Waals surface area contributed by atoms with Crippen molar-refractivity contribution in [3.63, 3.8) is 0 Å². The molecule has 0 saturated carbocycles. The van der Waals surface area contributed by atoms with Crippen LogP contribution in [0.2, 0.25) is 0 Å². The summed E-state index contributed by atoms with van der Waals surface area (Å²) < 4.78 is 16.7. The van der Waals surface area contributed by atoms with E-state index in [0.29, 0.717) is 17.1 Å². The van der Waals surface area contributed by atoms with Gasteiger partial charge in [-0.2, -0.15) is 0 Å². The van der Waals surface area contributed by atoms with Crippen LogP contribution in [0.1, 0.15) is 10.6 Å². The molecule has 0 fully saturated rings. The van der Waals surface area contributed by atoms with Crippen molar-refractivity contribution in [3.8, 4) is 17.1 Å². The Labute approximate surface area is 182 Å². The van der Waals surface area contributed by atoms with Crippen LogP contribution in [-0.4, -0.2) is 20.7 Å². The second-order valence-corrected chi connectivity index (χ2v) is 7.95. The first-order valence-corrected chi connectivity index (χ1v) is 10.1. The minimum atomic E-state index is -0.442. The number of carbonyl (C=O) groups excluding carboxylic acids is 1. The molecule has 29 heavy (non-hydrogen) atoms. The van der Waals surface area contributed by atoms with Crippen molar-refractivity contribution in [2.75, 3.05) is 5.32 Å². The number of benzene rings is 3. The van der Waals surface area contributed by atoms with E-state index in [0.717, 1.165) is 14.6 Å². The second-order valence-electron chi connectivity index (χ2n) is 6.12. The van der Waals surface area contributed by atoms with Gasteiger partial charge in [-0.15, -0.1) is 5.10 Å². The van der Waals surface area contributed by atoms with Crippen molar-refractivity contribution < 1.29 is 9.18 Å². The van der Waals surface area contributed by atoms with E-state index in [1.54, 1.807) is 28.9 Å². The van der Waals surface area contributed by atoms with Gasteiger partial charge in [-0.25, -0.2) is 14.1 Å². The molecule has 0 radical (unpaired) electrons. The fourth-order valence-electron chi connectivity index (χ4n) is 2.71. The molecule has 8 heteroatoms. The maximum atomic E-state index is 13.4. The fourth-order valence-corrected chi connectivity index (χ4v) is 3.37. The second kappa shape index (κ2) is 8.26. The van der Waals surface area contributed by atoms with Crippen molar-refractivity contribution in [2.45, 2.75) is 0 Å². The molecule has 0 aliphatic carbocycles. The molecular formula is C21H13Br2FN4O. The van der Waals surface area contributed by atoms with Crippen molar-refractivity contribution in [3.05, 3.63) is 93.4 Å². The average Bonchev–Trinajstić information content (AvgIpc) is 3.15. The number of nitrogens with zero attached hydrogens (tertiary/aromatic N) is 3. The van der Waals surface area contributed by atoms with Crippen molar-refractivity contribution in [1.82, 2.24) is 14.8 Å². The van der Waals surface area contributed by atoms with Crippen LogP contribution in [-0.2, 0) is 0 Å². The van der Waals surface area contributed by atoms with Crippen LogP contribution < -0.4 is 5.32 Å². The Morgan fingerprint density at radius 1 is 0.931 bits per heavy atom. The molecule has 4 aromatic rings. The molecule has 1 heterocycles. The highest BCUT2D eigenvalue weighted by atomic mass is 79.9. The molecule has 0 atom stereocenters. The quantitative estimate of drug-likeness (QED) is 0.371. The Hall–Kier alpha value is -2.84. The van der Waals surface area contributed by atoms with Gasteiger partial charge in [-0.3, -0.25) is 4.79 Å². The Kier molecular flexibility index (Phi) is 5.55. The molecule has 0 spiro atoms. The topological polar surface area (TPSA) is 59.8 Å². The molecule has 1 amide bonds. The van der Waals surface area contributed by atoms with E-state index in [-0.39, 0.29) is 11.6 Å². The van der Waals surface area contributed by atoms with Crippen molar-refractivity contribution in [2.24, 2.45) is 0 Å². The molecular weight excluding hydrogens is 503 g/mol. The molecule has 0 aliphatic heterocycles. The van der Waals surface area contributed by atoms with Crippen LogP contribution in [0.5, 0.6) is 0 Å². The van der Waals surface area contributed by atoms with E-state index in [4.69, 9.17) is 0 Å². The highest BCUT2D eigenvalue weighted by Crippen LogP contribution is 2.23. The number of amides is 1. The standard InChI is InChI=1S/C21H13Br2FN4O/c22-14-6-10-18(11-7-14)28-20(13-4-8-16(24)9-5-13)26-19(27-28)21(29)25-17-3-1-2-15(23)12-17/h1-12H,(H,25,29). The highest BCUT2D eigenvalue weighted by molar-refractivity contribution is 9.10. The number of nitrogens with one attached hydrogen (secondary N) is 1. The molecule has 4 rings (SSSR count). The normalized spacial score (nSPS) is 10.7. The third-order valence-corrected chi connectivity index (χ3v) is 5.09. The van der Waals surface area contributed by atoms with Gasteiger partial charge < -0.3 is 5.32 Å². The summed E-state index contributed by atoms with van der Waals surface area (Å²) in [6.07, 6.45) is 0. The van der Waals surface area contributed by atoms with Crippen LogP contribution in [0.15, 0.2) is 81.7 Å². The molecule has 5 nitrogen and oxygen atoms in total. The number of hydrogen-bond donors (Lipinski definition) is 1. The lowest BCUT2D eigenvalue weighted by atomic mass is 10.2. The highest BCUT2D eigenvalue weighted by Gasteiger charge is 2.19. The first-order chi connectivity index (χ1) is 14.0. The van der Waals surface area contributed by atoms with Crippen LogP contribution in [0.4, 0.5) is 10.1 Å². The maximum absolute atomic E-state index is 13.4. The molecule has 0 aliphatic rings. The Morgan fingerprint density at radius 3 is 2.34 bits per heavy atom. The first-order valence-electron chi connectivity index (χ1n) is 8.55. The van der Waals surface area contributed by atoms with Gasteiger partial charge in [0.25, 0.3) is 5.91 Å². The summed E-state index contributed by atoms with van der Waals surface area (Å²) in [5.41, 5.74) is 1.98. The number of anilines is 1. The fraction of sp³-hybridized carbons (Fsp3) is 0. The molecule has 0 unspecified atom stereocenters. The number of rotatable bonds is 4. The van der Waals surface area contributed by atoms with Gasteiger partial charge in [0.15, 0.2) is 5.82 Å². The lowest BCUT2D eigenvalue weighted by Gasteiger charge is -2.06. The summed E-state index contributed by atoms with van der Waals surface area (Å²) in [7, 11) is 0. The lowest BCUT2D eigenvalue weighted by Crippen LogP contribution is -2.14. The minimum absolute atomic E-state index is 0.00668. The predicted octanol–water partition coefficient (Wildman–Crippen LogP) is 5.85. The third-order valence-electron chi connectivity index (χ3n) is 4.07. The van der Waals surface area contributed by atoms with Gasteiger partial charge in [0.2, 0.25) is 5.82 Å². The average molecular weight is 516 g/mol. The van der Waals surface area contributed by atoms with Crippen molar-refractivity contribution >= 4 is 43.5 Å². The summed E-state index contributed by atoms with van der Waals surface area (Å²) >= 11 is 6.78. The third kappa shape index (κ3) is 4.44. The van der Waals surface area contributed by atoms with Gasteiger partial charge in [-0.05, 0) is 66.7 Å².